The van der Waals surface area contributed by atoms with Gasteiger partial charge in [0.1, 0.15) is 11.9 Å². The smallest absolute Gasteiger partial charge is 0.327 e. The third kappa shape index (κ3) is 3.04. The van der Waals surface area contributed by atoms with Crippen LogP contribution >= 0.6 is 15.9 Å². The van der Waals surface area contributed by atoms with Crippen LogP contribution < -0.4 is 5.32 Å². The van der Waals surface area contributed by atoms with Gasteiger partial charge in [-0.3, -0.25) is 5.32 Å². The average molecular weight is 302 g/mol. The van der Waals surface area contributed by atoms with Crippen molar-refractivity contribution in [2.24, 2.45) is 0 Å². The number of methoxy groups -OCH3 is 1. The summed E-state index contributed by atoms with van der Waals surface area (Å²) in [5, 5.41) is 3.15. The van der Waals surface area contributed by atoms with E-state index in [0.29, 0.717) is 16.1 Å². The summed E-state index contributed by atoms with van der Waals surface area (Å²) in [6.07, 6.45) is 2.10. The molecule has 1 aliphatic rings. The zero-order chi connectivity index (χ0) is 12.4. The zero-order valence-corrected chi connectivity index (χ0v) is 11.0. The molecule has 17 heavy (non-hydrogen) atoms. The first-order chi connectivity index (χ1) is 8.11. The van der Waals surface area contributed by atoms with Gasteiger partial charge in [-0.05, 0) is 46.5 Å². The number of carbonyl (C=O) groups is 1. The standard InChI is InChI=1S/C12H13BrFNO2/c1-17-12(16)11(15-8-3-4-8)7-2-5-9(13)10(14)6-7/h2,5-6,8,11,15H,3-4H2,1H3. The van der Waals surface area contributed by atoms with Crippen LogP contribution in [0.25, 0.3) is 0 Å². The van der Waals surface area contributed by atoms with Crippen molar-refractivity contribution in [1.82, 2.24) is 5.32 Å². The van der Waals surface area contributed by atoms with Gasteiger partial charge in [0.2, 0.25) is 0 Å². The van der Waals surface area contributed by atoms with Gasteiger partial charge in [0, 0.05) is 6.04 Å². The molecule has 0 spiro atoms. The monoisotopic (exact) mass is 301 g/mol. The van der Waals surface area contributed by atoms with Crippen molar-refractivity contribution in [2.45, 2.75) is 24.9 Å². The minimum Gasteiger partial charge on any atom is -0.468 e. The molecule has 0 heterocycles. The molecule has 0 aromatic heterocycles. The molecule has 1 aromatic rings. The number of carbonyl (C=O) groups excluding carboxylic acids is 1. The molecule has 2 rings (SSSR count). The number of ether oxygens (including phenoxy) is 1. The Labute approximate surface area is 107 Å². The van der Waals surface area contributed by atoms with Crippen LogP contribution in [-0.2, 0) is 9.53 Å². The quantitative estimate of drug-likeness (QED) is 0.869. The molecule has 0 aliphatic heterocycles. The molecule has 1 unspecified atom stereocenters. The predicted octanol–water partition coefficient (Wildman–Crippen LogP) is 2.55. The van der Waals surface area contributed by atoms with E-state index in [1.165, 1.54) is 13.2 Å². The summed E-state index contributed by atoms with van der Waals surface area (Å²) < 4.78 is 18.5. The average Bonchev–Trinajstić information content (AvgIpc) is 3.13. The molecule has 0 radical (unpaired) electrons. The molecule has 1 N–H and O–H groups in total. The molecule has 3 nitrogen and oxygen atoms in total. The number of nitrogens with one attached hydrogen (secondary N) is 1. The van der Waals surface area contributed by atoms with E-state index >= 15 is 0 Å². The molecular weight excluding hydrogens is 289 g/mol. The van der Waals surface area contributed by atoms with Crippen molar-refractivity contribution < 1.29 is 13.9 Å². The lowest BCUT2D eigenvalue weighted by Gasteiger charge is -2.16. The fraction of sp³-hybridized carbons (Fsp3) is 0.417. The van der Waals surface area contributed by atoms with E-state index in [1.807, 2.05) is 0 Å². The first-order valence-corrected chi connectivity index (χ1v) is 6.20. The Morgan fingerprint density at radius 3 is 2.82 bits per heavy atom. The molecule has 1 aromatic carbocycles. The highest BCUT2D eigenvalue weighted by Gasteiger charge is 2.30. The Morgan fingerprint density at radius 2 is 2.29 bits per heavy atom. The van der Waals surface area contributed by atoms with Crippen LogP contribution in [0.5, 0.6) is 0 Å². The Hall–Kier alpha value is -0.940. The maximum Gasteiger partial charge on any atom is 0.327 e. The minimum absolute atomic E-state index is 0.339. The summed E-state index contributed by atoms with van der Waals surface area (Å²) in [4.78, 5) is 11.7. The largest absolute Gasteiger partial charge is 0.468 e. The van der Waals surface area contributed by atoms with E-state index in [-0.39, 0.29) is 5.82 Å². The summed E-state index contributed by atoms with van der Waals surface area (Å²) in [6, 6.07) is 4.40. The molecule has 1 saturated carbocycles. The van der Waals surface area contributed by atoms with Crippen molar-refractivity contribution in [1.29, 1.82) is 0 Å². The highest BCUT2D eigenvalue weighted by molar-refractivity contribution is 9.10. The van der Waals surface area contributed by atoms with E-state index in [9.17, 15) is 9.18 Å². The molecule has 5 heteroatoms. The van der Waals surface area contributed by atoms with Gasteiger partial charge in [-0.1, -0.05) is 6.07 Å². The van der Waals surface area contributed by atoms with Crippen molar-refractivity contribution in [3.8, 4) is 0 Å². The summed E-state index contributed by atoms with van der Waals surface area (Å²) in [5.41, 5.74) is 0.587. The Bertz CT molecular complexity index is 435. The van der Waals surface area contributed by atoms with Crippen molar-refractivity contribution >= 4 is 21.9 Å². The third-order valence-electron chi connectivity index (χ3n) is 2.69. The SMILES string of the molecule is COC(=O)C(NC1CC1)c1ccc(Br)c(F)c1. The topological polar surface area (TPSA) is 38.3 Å². The second kappa shape index (κ2) is 5.14. The molecular formula is C12H13BrFNO2. The van der Waals surface area contributed by atoms with Gasteiger partial charge >= 0.3 is 5.97 Å². The van der Waals surface area contributed by atoms with Gasteiger partial charge in [0.25, 0.3) is 0 Å². The number of benzene rings is 1. The van der Waals surface area contributed by atoms with Gasteiger partial charge < -0.3 is 4.74 Å². The maximum atomic E-state index is 13.4. The summed E-state index contributed by atoms with van der Waals surface area (Å²) in [6.45, 7) is 0. The van der Waals surface area contributed by atoms with Gasteiger partial charge in [-0.15, -0.1) is 0 Å². The van der Waals surface area contributed by atoms with Crippen molar-refractivity contribution in [2.75, 3.05) is 7.11 Å². The summed E-state index contributed by atoms with van der Waals surface area (Å²) >= 11 is 3.08. The minimum atomic E-state index is -0.588. The van der Waals surface area contributed by atoms with E-state index in [0.717, 1.165) is 12.8 Å². The molecule has 1 atom stereocenters. The first kappa shape index (κ1) is 12.5. The van der Waals surface area contributed by atoms with Crippen LogP contribution in [0.2, 0.25) is 0 Å². The summed E-state index contributed by atoms with van der Waals surface area (Å²) in [7, 11) is 1.33. The number of rotatable bonds is 4. The van der Waals surface area contributed by atoms with Gasteiger partial charge in [-0.25, -0.2) is 9.18 Å². The van der Waals surface area contributed by atoms with E-state index in [2.05, 4.69) is 21.2 Å². The lowest BCUT2D eigenvalue weighted by Crippen LogP contribution is -2.31. The van der Waals surface area contributed by atoms with E-state index in [1.54, 1.807) is 12.1 Å². The highest BCUT2D eigenvalue weighted by atomic mass is 79.9. The highest BCUT2D eigenvalue weighted by Crippen LogP contribution is 2.26. The molecule has 1 fully saturated rings. The second-order valence-corrected chi connectivity index (χ2v) is 4.92. The zero-order valence-electron chi connectivity index (χ0n) is 9.37. The second-order valence-electron chi connectivity index (χ2n) is 4.07. The molecule has 0 saturated heterocycles. The van der Waals surface area contributed by atoms with Crippen molar-refractivity contribution in [3.05, 3.63) is 34.1 Å². The van der Waals surface area contributed by atoms with Gasteiger partial charge in [-0.2, -0.15) is 0 Å². The number of hydrogen-bond donors (Lipinski definition) is 1. The fourth-order valence-corrected chi connectivity index (χ4v) is 1.84. The van der Waals surface area contributed by atoms with Crippen LogP contribution in [0, 0.1) is 5.82 Å². The maximum absolute atomic E-state index is 13.4. The first-order valence-electron chi connectivity index (χ1n) is 5.40. The number of hydrogen-bond acceptors (Lipinski definition) is 3. The Morgan fingerprint density at radius 1 is 1.59 bits per heavy atom. The van der Waals surface area contributed by atoms with Crippen LogP contribution in [-0.4, -0.2) is 19.1 Å². The lowest BCUT2D eigenvalue weighted by molar-refractivity contribution is -0.143. The van der Waals surface area contributed by atoms with Crippen LogP contribution in [0.1, 0.15) is 24.4 Å². The summed E-state index contributed by atoms with van der Waals surface area (Å²) in [5.74, 6) is -0.771. The Kier molecular flexibility index (Phi) is 3.79. The van der Waals surface area contributed by atoms with Crippen LogP contribution in [0.4, 0.5) is 4.39 Å². The Balaban J connectivity index is 2.23. The fourth-order valence-electron chi connectivity index (χ4n) is 1.60. The number of halogens is 2. The third-order valence-corrected chi connectivity index (χ3v) is 3.34. The lowest BCUT2D eigenvalue weighted by atomic mass is 10.1. The van der Waals surface area contributed by atoms with Crippen LogP contribution in [0.15, 0.2) is 22.7 Å². The van der Waals surface area contributed by atoms with Crippen LogP contribution in [0.3, 0.4) is 0 Å². The normalized spacial score (nSPS) is 16.6. The van der Waals surface area contributed by atoms with Gasteiger partial charge in [0.05, 0.1) is 11.6 Å². The molecule has 92 valence electrons. The molecule has 0 amide bonds. The van der Waals surface area contributed by atoms with Crippen molar-refractivity contribution in [3.63, 3.8) is 0 Å². The molecule has 0 bridgehead atoms. The van der Waals surface area contributed by atoms with E-state index < -0.39 is 12.0 Å². The predicted molar refractivity (Wildman–Crippen MR) is 65.0 cm³/mol. The molecule has 1 aliphatic carbocycles. The van der Waals surface area contributed by atoms with E-state index in [4.69, 9.17) is 4.74 Å². The number of esters is 1. The van der Waals surface area contributed by atoms with Gasteiger partial charge in [0.15, 0.2) is 0 Å².